The zero-order valence-corrected chi connectivity index (χ0v) is 10.2. The molecule has 0 spiro atoms. The molecule has 0 N–H and O–H groups in total. The average Bonchev–Trinajstić information content (AvgIpc) is 2.56. The minimum absolute atomic E-state index is 0.264. The fourth-order valence-corrected chi connectivity index (χ4v) is 2.31. The average molecular weight is 272 g/mol. The van der Waals surface area contributed by atoms with Crippen molar-refractivity contribution in [2.75, 3.05) is 0 Å². The molecule has 1 aromatic rings. The third-order valence-corrected chi connectivity index (χ3v) is 3.38. The SMILES string of the molecule is ClC1C=C(Cc2ccc(Br)cc2)CC1. The monoisotopic (exact) mass is 270 g/mol. The Kier molecular flexibility index (Phi) is 3.30. The summed E-state index contributed by atoms with van der Waals surface area (Å²) in [5.74, 6) is 0. The Hall–Kier alpha value is -0.270. The van der Waals surface area contributed by atoms with E-state index in [2.05, 4.69) is 46.3 Å². The van der Waals surface area contributed by atoms with Gasteiger partial charge in [-0.15, -0.1) is 11.6 Å². The summed E-state index contributed by atoms with van der Waals surface area (Å²) in [6, 6.07) is 8.49. The molecule has 0 saturated carbocycles. The lowest BCUT2D eigenvalue weighted by Crippen LogP contribution is -1.86. The zero-order valence-electron chi connectivity index (χ0n) is 7.84. The van der Waals surface area contributed by atoms with Gasteiger partial charge in [0.2, 0.25) is 0 Å². The molecule has 0 nitrogen and oxygen atoms in total. The lowest BCUT2D eigenvalue weighted by Gasteiger charge is -2.01. The number of hydrogen-bond acceptors (Lipinski definition) is 0. The van der Waals surface area contributed by atoms with E-state index in [-0.39, 0.29) is 5.38 Å². The Balaban J connectivity index is 2.04. The summed E-state index contributed by atoms with van der Waals surface area (Å²) in [7, 11) is 0. The highest BCUT2D eigenvalue weighted by molar-refractivity contribution is 9.10. The van der Waals surface area contributed by atoms with Crippen molar-refractivity contribution in [1.82, 2.24) is 0 Å². The van der Waals surface area contributed by atoms with Crippen molar-refractivity contribution in [2.45, 2.75) is 24.6 Å². The molecule has 74 valence electrons. The standard InChI is InChI=1S/C12H12BrCl/c13-11-4-1-9(2-5-11)7-10-3-6-12(14)8-10/h1-2,4-5,8,12H,3,6-7H2. The van der Waals surface area contributed by atoms with Crippen LogP contribution in [0.25, 0.3) is 0 Å². The van der Waals surface area contributed by atoms with Crippen molar-refractivity contribution in [3.05, 3.63) is 46.0 Å². The number of benzene rings is 1. The molecule has 1 unspecified atom stereocenters. The highest BCUT2D eigenvalue weighted by atomic mass is 79.9. The van der Waals surface area contributed by atoms with Gasteiger partial charge in [-0.05, 0) is 37.0 Å². The summed E-state index contributed by atoms with van der Waals surface area (Å²) in [4.78, 5) is 0. The van der Waals surface area contributed by atoms with Crippen LogP contribution in [-0.4, -0.2) is 5.38 Å². The van der Waals surface area contributed by atoms with Crippen LogP contribution in [0, 0.1) is 0 Å². The van der Waals surface area contributed by atoms with E-state index in [9.17, 15) is 0 Å². The van der Waals surface area contributed by atoms with Crippen molar-refractivity contribution in [1.29, 1.82) is 0 Å². The molecule has 1 aliphatic rings. The lowest BCUT2D eigenvalue weighted by atomic mass is 10.1. The van der Waals surface area contributed by atoms with E-state index in [1.54, 1.807) is 0 Å². The molecule has 0 heterocycles. The van der Waals surface area contributed by atoms with Crippen LogP contribution in [0.5, 0.6) is 0 Å². The predicted octanol–water partition coefficient (Wildman–Crippen LogP) is 4.32. The fraction of sp³-hybridized carbons (Fsp3) is 0.333. The van der Waals surface area contributed by atoms with Crippen LogP contribution < -0.4 is 0 Å². The Morgan fingerprint density at radius 3 is 2.57 bits per heavy atom. The zero-order chi connectivity index (χ0) is 9.97. The van der Waals surface area contributed by atoms with E-state index in [4.69, 9.17) is 11.6 Å². The maximum Gasteiger partial charge on any atom is 0.0521 e. The summed E-state index contributed by atoms with van der Waals surface area (Å²) in [6.07, 6.45) is 5.51. The van der Waals surface area contributed by atoms with E-state index < -0.39 is 0 Å². The first kappa shape index (κ1) is 10.3. The van der Waals surface area contributed by atoms with Crippen LogP contribution in [0.1, 0.15) is 18.4 Å². The van der Waals surface area contributed by atoms with Gasteiger partial charge in [0.05, 0.1) is 5.38 Å². The Bertz CT molecular complexity index is 340. The molecule has 0 aliphatic heterocycles. The first-order valence-corrected chi connectivity index (χ1v) is 6.05. The lowest BCUT2D eigenvalue weighted by molar-refractivity contribution is 0.892. The largest absolute Gasteiger partial charge is 0.118 e. The summed E-state index contributed by atoms with van der Waals surface area (Å²) >= 11 is 9.45. The maximum absolute atomic E-state index is 6.01. The number of alkyl halides is 1. The van der Waals surface area contributed by atoms with Gasteiger partial charge in [0.15, 0.2) is 0 Å². The van der Waals surface area contributed by atoms with Gasteiger partial charge in [0.1, 0.15) is 0 Å². The molecule has 0 fully saturated rings. The van der Waals surface area contributed by atoms with Crippen LogP contribution in [0.4, 0.5) is 0 Å². The minimum Gasteiger partial charge on any atom is -0.118 e. The number of halogens is 2. The minimum atomic E-state index is 0.264. The van der Waals surface area contributed by atoms with Crippen molar-refractivity contribution in [3.8, 4) is 0 Å². The Labute approximate surface area is 98.1 Å². The summed E-state index contributed by atoms with van der Waals surface area (Å²) in [6.45, 7) is 0. The quantitative estimate of drug-likeness (QED) is 0.555. The number of hydrogen-bond donors (Lipinski definition) is 0. The highest BCUT2D eigenvalue weighted by Crippen LogP contribution is 2.25. The van der Waals surface area contributed by atoms with E-state index in [0.717, 1.165) is 23.7 Å². The second-order valence-corrected chi connectivity index (χ2v) is 5.16. The molecule has 0 amide bonds. The predicted molar refractivity (Wildman–Crippen MR) is 64.8 cm³/mol. The second kappa shape index (κ2) is 4.50. The summed E-state index contributed by atoms with van der Waals surface area (Å²) in [5, 5.41) is 0.264. The van der Waals surface area contributed by atoms with Crippen LogP contribution in [0.15, 0.2) is 40.4 Å². The third kappa shape index (κ3) is 2.61. The van der Waals surface area contributed by atoms with Crippen LogP contribution in [0.3, 0.4) is 0 Å². The molecule has 0 radical (unpaired) electrons. The van der Waals surface area contributed by atoms with Gasteiger partial charge in [-0.3, -0.25) is 0 Å². The van der Waals surface area contributed by atoms with Gasteiger partial charge in [0, 0.05) is 4.47 Å². The van der Waals surface area contributed by atoms with E-state index in [1.807, 2.05) is 0 Å². The van der Waals surface area contributed by atoms with Crippen LogP contribution in [-0.2, 0) is 6.42 Å². The third-order valence-electron chi connectivity index (χ3n) is 2.50. The molecular weight excluding hydrogens is 259 g/mol. The van der Waals surface area contributed by atoms with Crippen molar-refractivity contribution in [2.24, 2.45) is 0 Å². The summed E-state index contributed by atoms with van der Waals surface area (Å²) < 4.78 is 1.14. The van der Waals surface area contributed by atoms with Gasteiger partial charge in [0.25, 0.3) is 0 Å². The van der Waals surface area contributed by atoms with Crippen molar-refractivity contribution in [3.63, 3.8) is 0 Å². The first-order chi connectivity index (χ1) is 6.74. The number of allylic oxidation sites excluding steroid dienone is 2. The Morgan fingerprint density at radius 1 is 1.29 bits per heavy atom. The maximum atomic E-state index is 6.01. The van der Waals surface area contributed by atoms with Gasteiger partial charge in [-0.25, -0.2) is 0 Å². The molecular formula is C12H12BrCl. The number of rotatable bonds is 2. The molecule has 0 aromatic heterocycles. The van der Waals surface area contributed by atoms with Gasteiger partial charge < -0.3 is 0 Å². The van der Waals surface area contributed by atoms with Crippen LogP contribution >= 0.6 is 27.5 Å². The smallest absolute Gasteiger partial charge is 0.0521 e. The topological polar surface area (TPSA) is 0 Å². The fourth-order valence-electron chi connectivity index (χ4n) is 1.76. The normalized spacial score (nSPS) is 21.0. The van der Waals surface area contributed by atoms with E-state index in [1.165, 1.54) is 11.1 Å². The molecule has 2 heteroatoms. The summed E-state index contributed by atoms with van der Waals surface area (Å²) in [5.41, 5.74) is 2.84. The van der Waals surface area contributed by atoms with Gasteiger partial charge in [-0.1, -0.05) is 39.7 Å². The van der Waals surface area contributed by atoms with Crippen LogP contribution in [0.2, 0.25) is 0 Å². The highest BCUT2D eigenvalue weighted by Gasteiger charge is 2.12. The molecule has 0 bridgehead atoms. The molecule has 2 rings (SSSR count). The first-order valence-electron chi connectivity index (χ1n) is 4.82. The molecule has 0 saturated heterocycles. The van der Waals surface area contributed by atoms with Gasteiger partial charge in [-0.2, -0.15) is 0 Å². The second-order valence-electron chi connectivity index (χ2n) is 3.68. The Morgan fingerprint density at radius 2 is 2.00 bits per heavy atom. The molecule has 1 aliphatic carbocycles. The van der Waals surface area contributed by atoms with Gasteiger partial charge >= 0.3 is 0 Å². The van der Waals surface area contributed by atoms with Crippen molar-refractivity contribution >= 4 is 27.5 Å². The van der Waals surface area contributed by atoms with E-state index in [0.29, 0.717) is 0 Å². The molecule has 1 atom stereocenters. The molecule has 1 aromatic carbocycles. The molecule has 14 heavy (non-hydrogen) atoms. The van der Waals surface area contributed by atoms with Crippen molar-refractivity contribution < 1.29 is 0 Å². The van der Waals surface area contributed by atoms with E-state index >= 15 is 0 Å².